The van der Waals surface area contributed by atoms with Gasteiger partial charge in [0.2, 0.25) is 17.6 Å². The van der Waals surface area contributed by atoms with E-state index in [4.69, 9.17) is 16.2 Å². The van der Waals surface area contributed by atoms with Gasteiger partial charge in [-0.2, -0.15) is 0 Å². The number of nitrogens with one attached hydrogen (secondary N) is 1. The van der Waals surface area contributed by atoms with Gasteiger partial charge in [-0.15, -0.1) is 0 Å². The quantitative estimate of drug-likeness (QED) is 0.177. The minimum Gasteiger partial charge on any atom is -0.451 e. The Labute approximate surface area is 187 Å². The van der Waals surface area contributed by atoms with E-state index in [1.807, 2.05) is 0 Å². The molecule has 1 aromatic rings. The van der Waals surface area contributed by atoms with Crippen molar-refractivity contribution in [3.05, 3.63) is 35.9 Å². The Kier molecular flexibility index (Phi) is 4.58. The first-order chi connectivity index (χ1) is 15.6. The third-order valence-corrected chi connectivity index (χ3v) is 6.53. The average molecular weight is 457 g/mol. The third kappa shape index (κ3) is 2.96. The van der Waals surface area contributed by atoms with Crippen molar-refractivity contribution in [1.82, 2.24) is 15.1 Å². The molecule has 0 aromatic heterocycles. The number of rotatable bonds is 4. The molecule has 5 rings (SSSR count). The van der Waals surface area contributed by atoms with Crippen LogP contribution in [0.15, 0.2) is 40.3 Å². The minimum absolute atomic E-state index is 0.0950. The first-order valence-corrected chi connectivity index (χ1v) is 10.4. The molecule has 1 spiro atoms. The van der Waals surface area contributed by atoms with Gasteiger partial charge in [-0.1, -0.05) is 18.2 Å². The number of nitrogens with two attached hydrogens (primary N) is 2. The second kappa shape index (κ2) is 7.15. The molecule has 2 amide bonds. The average Bonchev–Trinajstić information content (AvgIpc) is 3.37. The zero-order valence-corrected chi connectivity index (χ0v) is 17.4. The summed E-state index contributed by atoms with van der Waals surface area (Å²) in [4.78, 5) is 48.0. The molecule has 174 valence electrons. The van der Waals surface area contributed by atoms with Gasteiger partial charge in [0.05, 0.1) is 24.7 Å². The number of carbonyl (C=O) groups excluding carboxylic acids is 3. The first-order valence-electron chi connectivity index (χ1n) is 10.4. The van der Waals surface area contributed by atoms with E-state index < -0.39 is 35.6 Å². The topological polar surface area (TPSA) is 196 Å². The van der Waals surface area contributed by atoms with Gasteiger partial charge in [0.1, 0.15) is 6.04 Å². The number of aliphatic imine (C=N–C) groups is 2. The van der Waals surface area contributed by atoms with Crippen LogP contribution in [0, 0.1) is 0 Å². The van der Waals surface area contributed by atoms with E-state index in [9.17, 15) is 24.6 Å². The van der Waals surface area contributed by atoms with Crippen LogP contribution in [0.1, 0.15) is 23.2 Å². The number of esters is 1. The van der Waals surface area contributed by atoms with Gasteiger partial charge in [0.25, 0.3) is 0 Å². The molecule has 33 heavy (non-hydrogen) atoms. The molecule has 4 aliphatic rings. The number of benzene rings is 1. The van der Waals surface area contributed by atoms with Crippen molar-refractivity contribution in [3.63, 3.8) is 0 Å². The molecule has 7 N–H and O–H groups in total. The molecule has 2 saturated heterocycles. The first kappa shape index (κ1) is 21.2. The largest absolute Gasteiger partial charge is 0.451 e. The van der Waals surface area contributed by atoms with Crippen LogP contribution in [-0.4, -0.2) is 92.4 Å². The SMILES string of the molecule is NC1=N[C@H]2C(CN3C(=O)CCC3=O)N=C(N)N3CC(OC(=O)c4ccccc4)C(O)(O)[C@]23N1. The smallest absolute Gasteiger partial charge is 0.338 e. The van der Waals surface area contributed by atoms with Crippen molar-refractivity contribution < 1.29 is 29.3 Å². The van der Waals surface area contributed by atoms with Crippen molar-refractivity contribution in [2.45, 2.75) is 42.5 Å². The molecule has 13 nitrogen and oxygen atoms in total. The van der Waals surface area contributed by atoms with Crippen molar-refractivity contribution in [3.8, 4) is 0 Å². The Bertz CT molecular complexity index is 1070. The lowest BCUT2D eigenvalue weighted by Crippen LogP contribution is -2.77. The minimum atomic E-state index is -2.70. The maximum Gasteiger partial charge on any atom is 0.338 e. The Morgan fingerprint density at radius 2 is 1.82 bits per heavy atom. The zero-order valence-electron chi connectivity index (χ0n) is 17.4. The molecular formula is C20H23N7O6. The maximum atomic E-state index is 12.6. The number of nitrogens with zero attached hydrogens (tertiary/aromatic N) is 4. The van der Waals surface area contributed by atoms with E-state index in [1.54, 1.807) is 18.2 Å². The fourth-order valence-electron chi connectivity index (χ4n) is 4.96. The van der Waals surface area contributed by atoms with Crippen molar-refractivity contribution in [2.24, 2.45) is 21.5 Å². The number of ether oxygens (including phenoxy) is 1. The fourth-order valence-corrected chi connectivity index (χ4v) is 4.96. The zero-order chi connectivity index (χ0) is 23.5. The van der Waals surface area contributed by atoms with Crippen LogP contribution in [0.25, 0.3) is 0 Å². The molecule has 2 unspecified atom stereocenters. The predicted octanol–water partition coefficient (Wildman–Crippen LogP) is -2.96. The maximum absolute atomic E-state index is 12.6. The summed E-state index contributed by atoms with van der Waals surface area (Å²) in [6.07, 6.45) is -1.25. The molecule has 0 radical (unpaired) electrons. The number of aliphatic hydroxyl groups is 2. The monoisotopic (exact) mass is 457 g/mol. The fraction of sp³-hybridized carbons (Fsp3) is 0.450. The van der Waals surface area contributed by atoms with Crippen LogP contribution in [0.3, 0.4) is 0 Å². The highest BCUT2D eigenvalue weighted by Crippen LogP contribution is 2.46. The Morgan fingerprint density at radius 1 is 1.15 bits per heavy atom. The lowest BCUT2D eigenvalue weighted by atomic mass is 9.85. The van der Waals surface area contributed by atoms with Gasteiger partial charge < -0.3 is 36.6 Å². The number of guanidine groups is 2. The van der Waals surface area contributed by atoms with Crippen molar-refractivity contribution >= 4 is 29.7 Å². The summed E-state index contributed by atoms with van der Waals surface area (Å²) < 4.78 is 5.45. The van der Waals surface area contributed by atoms with Crippen molar-refractivity contribution in [2.75, 3.05) is 13.1 Å². The van der Waals surface area contributed by atoms with Crippen LogP contribution in [0.5, 0.6) is 0 Å². The number of hydrogen-bond donors (Lipinski definition) is 5. The second-order valence-corrected chi connectivity index (χ2v) is 8.40. The number of amides is 2. The van der Waals surface area contributed by atoms with E-state index in [-0.39, 0.29) is 55.2 Å². The summed E-state index contributed by atoms with van der Waals surface area (Å²) in [5.74, 6) is -4.38. The molecule has 13 heteroatoms. The summed E-state index contributed by atoms with van der Waals surface area (Å²) in [6, 6.07) is 6.16. The summed E-state index contributed by atoms with van der Waals surface area (Å²) in [5.41, 5.74) is 10.5. The number of carbonyl (C=O) groups is 3. The van der Waals surface area contributed by atoms with Crippen LogP contribution in [0.4, 0.5) is 0 Å². The highest BCUT2D eigenvalue weighted by Gasteiger charge is 2.74. The van der Waals surface area contributed by atoms with E-state index in [0.717, 1.165) is 4.90 Å². The molecule has 2 fully saturated rings. The lowest BCUT2D eigenvalue weighted by Gasteiger charge is -2.48. The van der Waals surface area contributed by atoms with Crippen LogP contribution >= 0.6 is 0 Å². The highest BCUT2D eigenvalue weighted by molar-refractivity contribution is 6.02. The van der Waals surface area contributed by atoms with Gasteiger partial charge in [-0.05, 0) is 12.1 Å². The second-order valence-electron chi connectivity index (χ2n) is 8.40. The molecule has 1 aromatic carbocycles. The van der Waals surface area contributed by atoms with Gasteiger partial charge >= 0.3 is 5.97 Å². The molecule has 4 heterocycles. The highest BCUT2D eigenvalue weighted by atomic mass is 16.6. The Balaban J connectivity index is 1.48. The normalized spacial score (nSPS) is 32.1. The molecule has 0 aliphatic carbocycles. The standard InChI is InChI=1S/C20H23N7O6/c21-17-24-15-11(8-26-13(28)6-7-14(26)29)23-18(22)27-9-12(20(31,32)19(15,27)25-17)33-16(30)10-4-2-1-3-5-10/h1-5,11-12,15,31-32H,6-9H2,(H2,22,23)(H3,21,24,25)/t11?,12?,15-,19-/m0/s1. The number of hydrogen-bond acceptors (Lipinski definition) is 12. The van der Waals surface area contributed by atoms with Gasteiger partial charge in [-0.3, -0.25) is 14.5 Å². The summed E-state index contributed by atoms with van der Waals surface area (Å²) >= 11 is 0. The predicted molar refractivity (Wildman–Crippen MR) is 112 cm³/mol. The van der Waals surface area contributed by atoms with E-state index in [1.165, 1.54) is 17.0 Å². The summed E-state index contributed by atoms with van der Waals surface area (Å²) in [5, 5.41) is 25.4. The van der Waals surface area contributed by atoms with Crippen molar-refractivity contribution in [1.29, 1.82) is 0 Å². The third-order valence-electron chi connectivity index (χ3n) is 6.53. The van der Waals surface area contributed by atoms with Gasteiger partial charge in [-0.25, -0.2) is 14.8 Å². The van der Waals surface area contributed by atoms with Gasteiger partial charge in [0, 0.05) is 12.8 Å². The van der Waals surface area contributed by atoms with Gasteiger partial charge in [0.15, 0.2) is 23.7 Å². The molecule has 0 saturated carbocycles. The Hall–Kier alpha value is -3.71. The molecule has 0 bridgehead atoms. The van der Waals surface area contributed by atoms with E-state index in [0.29, 0.717) is 0 Å². The molecular weight excluding hydrogens is 434 g/mol. The van der Waals surface area contributed by atoms with Crippen LogP contribution in [-0.2, 0) is 14.3 Å². The lowest BCUT2D eigenvalue weighted by molar-refractivity contribution is -0.256. The van der Waals surface area contributed by atoms with Crippen LogP contribution < -0.4 is 16.8 Å². The van der Waals surface area contributed by atoms with E-state index in [2.05, 4.69) is 15.3 Å². The Morgan fingerprint density at radius 3 is 2.48 bits per heavy atom. The number of likely N-dealkylation sites (tertiary alicyclic amines) is 1. The number of imide groups is 1. The molecule has 4 aliphatic heterocycles. The van der Waals surface area contributed by atoms with E-state index >= 15 is 0 Å². The summed E-state index contributed by atoms with van der Waals surface area (Å²) in [6.45, 7) is -0.358. The summed E-state index contributed by atoms with van der Waals surface area (Å²) in [7, 11) is 0. The van der Waals surface area contributed by atoms with Crippen LogP contribution in [0.2, 0.25) is 0 Å². The molecule has 4 atom stereocenters.